The Hall–Kier alpha value is 0.0700. The smallest absolute Gasteiger partial charge is 0.317 e. The maximum atomic E-state index is 10.2. The van der Waals surface area contributed by atoms with Crippen molar-refractivity contribution in [3.8, 4) is 0 Å². The van der Waals surface area contributed by atoms with Crippen LogP contribution in [0, 0.1) is 0 Å². The van der Waals surface area contributed by atoms with Crippen LogP contribution in [0.4, 0.5) is 0 Å². The van der Waals surface area contributed by atoms with Crippen LogP contribution in [0.2, 0.25) is 0 Å². The molecule has 0 saturated heterocycles. The third-order valence-electron chi connectivity index (χ3n) is 0.809. The molecule has 1 unspecified atom stereocenters. The van der Waals surface area contributed by atoms with Gasteiger partial charge in [0.15, 0.2) is 0 Å². The third-order valence-corrected chi connectivity index (χ3v) is 1.44. The largest absolute Gasteiger partial charge is 0.469 e. The summed E-state index contributed by atoms with van der Waals surface area (Å²) in [6.07, 6.45) is -0.467. The fourth-order valence-electron chi connectivity index (χ4n) is 0.559. The van der Waals surface area contributed by atoms with Crippen LogP contribution in [-0.4, -0.2) is 29.5 Å². The molecule has 0 aromatic heterocycles. The molecule has 0 aromatic rings. The lowest BCUT2D eigenvalue weighted by Crippen LogP contribution is -2.22. The van der Waals surface area contributed by atoms with Gasteiger partial charge in [0.25, 0.3) is 0 Å². The number of hydrogen-bond acceptors (Lipinski definition) is 3. The molecule has 0 aliphatic rings. The Labute approximate surface area is 59.6 Å². The van der Waals surface area contributed by atoms with Crippen LogP contribution in [-0.2, 0) is 9.09 Å². The highest BCUT2D eigenvalue weighted by Gasteiger charge is 2.17. The fourth-order valence-corrected chi connectivity index (χ4v) is 1.10. The Morgan fingerprint density at radius 1 is 1.70 bits per heavy atom. The molecule has 10 heavy (non-hydrogen) atoms. The van der Waals surface area contributed by atoms with E-state index in [0.717, 1.165) is 0 Å². The summed E-state index contributed by atoms with van der Waals surface area (Å²) >= 11 is 0. The minimum Gasteiger partial charge on any atom is -0.317 e. The molecule has 3 N–H and O–H groups in total. The topological polar surface area (TPSA) is 78.8 Å². The maximum Gasteiger partial charge on any atom is 0.469 e. The van der Waals surface area contributed by atoms with E-state index in [4.69, 9.17) is 9.79 Å². The summed E-state index contributed by atoms with van der Waals surface area (Å²) in [7, 11) is -2.61. The molecule has 0 fully saturated rings. The Morgan fingerprint density at radius 3 is 2.50 bits per heavy atom. The van der Waals surface area contributed by atoms with Crippen molar-refractivity contribution < 1.29 is 18.9 Å². The lowest BCUT2D eigenvalue weighted by molar-refractivity contribution is 0.145. The number of rotatable bonds is 4. The van der Waals surface area contributed by atoms with Gasteiger partial charge in [-0.3, -0.25) is 4.52 Å². The van der Waals surface area contributed by atoms with Gasteiger partial charge in [-0.25, -0.2) is 4.57 Å². The zero-order chi connectivity index (χ0) is 8.20. The molecule has 0 radical (unpaired) electrons. The highest BCUT2D eigenvalue weighted by Crippen LogP contribution is 2.37. The summed E-state index contributed by atoms with van der Waals surface area (Å²) in [5, 5.41) is 2.72. The molecule has 0 aliphatic carbocycles. The van der Waals surface area contributed by atoms with Gasteiger partial charge in [-0.15, -0.1) is 0 Å². The van der Waals surface area contributed by atoms with Gasteiger partial charge in [0.2, 0.25) is 0 Å². The molecule has 0 amide bonds. The highest BCUT2D eigenvalue weighted by atomic mass is 31.2. The zero-order valence-corrected chi connectivity index (χ0v) is 6.84. The molecular formula is C4H12NO4P. The van der Waals surface area contributed by atoms with Crippen LogP contribution in [0.1, 0.15) is 6.92 Å². The third kappa shape index (κ3) is 6.19. The summed E-state index contributed by atoms with van der Waals surface area (Å²) in [6.45, 7) is 2.00. The van der Waals surface area contributed by atoms with E-state index in [2.05, 4.69) is 9.84 Å². The SMILES string of the molecule is CNCC(C)OP(=O)(O)O. The summed E-state index contributed by atoms with van der Waals surface area (Å²) in [5.74, 6) is 0. The zero-order valence-electron chi connectivity index (χ0n) is 5.94. The summed E-state index contributed by atoms with van der Waals surface area (Å²) in [4.78, 5) is 16.6. The standard InChI is InChI=1S/C4H12NO4P/c1-4(3-5-2)9-10(6,7)8/h4-5H,3H2,1-2H3,(H2,6,7,8). The summed E-state index contributed by atoms with van der Waals surface area (Å²) < 4.78 is 14.4. The Balaban J connectivity index is 3.58. The normalized spacial score (nSPS) is 15.2. The minimum atomic E-state index is -4.29. The number of nitrogens with one attached hydrogen (secondary N) is 1. The first kappa shape index (κ1) is 10.1. The number of hydrogen-bond donors (Lipinski definition) is 3. The quantitative estimate of drug-likeness (QED) is 0.504. The van der Waals surface area contributed by atoms with Crippen LogP contribution in [0.15, 0.2) is 0 Å². The number of likely N-dealkylation sites (N-methyl/N-ethyl adjacent to an activating group) is 1. The van der Waals surface area contributed by atoms with Crippen molar-refractivity contribution in [3.05, 3.63) is 0 Å². The molecule has 0 saturated carbocycles. The van der Waals surface area contributed by atoms with E-state index in [1.165, 1.54) is 0 Å². The average Bonchev–Trinajstić information content (AvgIpc) is 1.59. The molecule has 0 aromatic carbocycles. The van der Waals surface area contributed by atoms with Gasteiger partial charge in [-0.2, -0.15) is 0 Å². The van der Waals surface area contributed by atoms with Crippen molar-refractivity contribution >= 4 is 7.82 Å². The molecule has 62 valence electrons. The van der Waals surface area contributed by atoms with Crippen molar-refractivity contribution in [2.24, 2.45) is 0 Å². The monoisotopic (exact) mass is 169 g/mol. The molecule has 1 atom stereocenters. The molecule has 0 spiro atoms. The van der Waals surface area contributed by atoms with Gasteiger partial charge >= 0.3 is 7.82 Å². The Bertz CT molecular complexity index is 133. The van der Waals surface area contributed by atoms with E-state index in [1.54, 1.807) is 14.0 Å². The van der Waals surface area contributed by atoms with Crippen LogP contribution in [0.3, 0.4) is 0 Å². The second-order valence-corrected chi connectivity index (χ2v) is 3.16. The van der Waals surface area contributed by atoms with Gasteiger partial charge in [-0.05, 0) is 14.0 Å². The van der Waals surface area contributed by atoms with E-state index in [1.807, 2.05) is 0 Å². The maximum absolute atomic E-state index is 10.2. The van der Waals surface area contributed by atoms with E-state index in [-0.39, 0.29) is 0 Å². The molecule has 0 bridgehead atoms. The second-order valence-electron chi connectivity index (χ2n) is 1.96. The van der Waals surface area contributed by atoms with Gasteiger partial charge in [-0.1, -0.05) is 0 Å². The number of phosphoric acid groups is 1. The van der Waals surface area contributed by atoms with Gasteiger partial charge in [0, 0.05) is 6.54 Å². The predicted octanol–water partition coefficient (Wildman–Crippen LogP) is -0.296. The second kappa shape index (κ2) is 4.05. The first-order valence-corrected chi connectivity index (χ1v) is 4.37. The summed E-state index contributed by atoms with van der Waals surface area (Å²) in [6, 6.07) is 0. The van der Waals surface area contributed by atoms with Crippen molar-refractivity contribution in [1.82, 2.24) is 5.32 Å². The van der Waals surface area contributed by atoms with E-state index in [0.29, 0.717) is 6.54 Å². The van der Waals surface area contributed by atoms with E-state index in [9.17, 15) is 4.57 Å². The van der Waals surface area contributed by atoms with Gasteiger partial charge < -0.3 is 15.1 Å². The molecule has 5 nitrogen and oxygen atoms in total. The van der Waals surface area contributed by atoms with Crippen LogP contribution >= 0.6 is 7.82 Å². The highest BCUT2D eigenvalue weighted by molar-refractivity contribution is 7.46. The van der Waals surface area contributed by atoms with Crippen LogP contribution in [0.25, 0.3) is 0 Å². The lowest BCUT2D eigenvalue weighted by atomic mass is 10.4. The molecule has 6 heteroatoms. The van der Waals surface area contributed by atoms with E-state index >= 15 is 0 Å². The average molecular weight is 169 g/mol. The molecule has 0 aliphatic heterocycles. The lowest BCUT2D eigenvalue weighted by Gasteiger charge is -2.11. The van der Waals surface area contributed by atoms with Crippen LogP contribution < -0.4 is 5.32 Å². The van der Waals surface area contributed by atoms with Gasteiger partial charge in [0.05, 0.1) is 6.10 Å². The van der Waals surface area contributed by atoms with Gasteiger partial charge in [0.1, 0.15) is 0 Å². The van der Waals surface area contributed by atoms with Crippen molar-refractivity contribution in [2.75, 3.05) is 13.6 Å². The van der Waals surface area contributed by atoms with Crippen molar-refractivity contribution in [1.29, 1.82) is 0 Å². The summed E-state index contributed by atoms with van der Waals surface area (Å²) in [5.41, 5.74) is 0. The predicted molar refractivity (Wildman–Crippen MR) is 36.5 cm³/mol. The molecule has 0 heterocycles. The first-order chi connectivity index (χ1) is 4.45. The van der Waals surface area contributed by atoms with Crippen LogP contribution in [0.5, 0.6) is 0 Å². The molecular weight excluding hydrogens is 157 g/mol. The van der Waals surface area contributed by atoms with E-state index < -0.39 is 13.9 Å². The Kier molecular flexibility index (Phi) is 4.08. The fraction of sp³-hybridized carbons (Fsp3) is 1.00. The molecule has 0 rings (SSSR count). The van der Waals surface area contributed by atoms with Crippen molar-refractivity contribution in [2.45, 2.75) is 13.0 Å². The number of phosphoric ester groups is 1. The first-order valence-electron chi connectivity index (χ1n) is 2.84. The minimum absolute atomic E-state index is 0.422. The van der Waals surface area contributed by atoms with Crippen molar-refractivity contribution in [3.63, 3.8) is 0 Å². The Morgan fingerprint density at radius 2 is 2.20 bits per heavy atom.